The van der Waals surface area contributed by atoms with Crippen LogP contribution < -0.4 is 0 Å². The monoisotopic (exact) mass is 787 g/mol. The van der Waals surface area contributed by atoms with Crippen molar-refractivity contribution in [2.75, 3.05) is 0 Å². The third kappa shape index (κ3) is 7.54. The van der Waals surface area contributed by atoms with Crippen LogP contribution in [0.4, 0.5) is 4.39 Å². The summed E-state index contributed by atoms with van der Waals surface area (Å²) in [5.74, 6) is 0.0829. The maximum absolute atomic E-state index is 14.2. The Bertz CT molecular complexity index is 1750. The fourth-order valence-corrected chi connectivity index (χ4v) is 6.07. The number of hydrogen-bond acceptors (Lipinski definition) is 4. The zero-order valence-corrected chi connectivity index (χ0v) is 29.5. The van der Waals surface area contributed by atoms with Gasteiger partial charge in [0.25, 0.3) is 0 Å². The summed E-state index contributed by atoms with van der Waals surface area (Å²) in [6, 6.07) is 26.7. The number of hydrogen-bond donors (Lipinski definition) is 1. The molecule has 1 radical (unpaired) electrons. The van der Waals surface area contributed by atoms with Crippen molar-refractivity contribution in [2.45, 2.75) is 67.2 Å². The molecular weight excluding hydrogens is 746 g/mol. The van der Waals surface area contributed by atoms with Gasteiger partial charge in [-0.3, -0.25) is 9.78 Å². The van der Waals surface area contributed by atoms with Gasteiger partial charge in [0, 0.05) is 64.0 Å². The molecule has 0 saturated heterocycles. The van der Waals surface area contributed by atoms with Crippen LogP contribution in [0.25, 0.3) is 42.6 Å². The maximum Gasteiger partial charge on any atom is 0.164 e. The third-order valence-corrected chi connectivity index (χ3v) is 10.3. The Morgan fingerprint density at radius 2 is 1.52 bits per heavy atom. The second-order valence-electron chi connectivity index (χ2n) is 11.6. The van der Waals surface area contributed by atoms with Crippen LogP contribution in [0.2, 0.25) is 0 Å². The van der Waals surface area contributed by atoms with E-state index in [9.17, 15) is 14.3 Å². The molecule has 44 heavy (non-hydrogen) atoms. The van der Waals surface area contributed by atoms with Gasteiger partial charge < -0.3 is 5.11 Å². The van der Waals surface area contributed by atoms with Gasteiger partial charge in [0.15, 0.2) is 5.78 Å². The van der Waals surface area contributed by atoms with Crippen molar-refractivity contribution in [1.82, 2.24) is 4.98 Å². The molecule has 6 heteroatoms. The number of carbonyl (C=O) groups excluding carboxylic acids is 1. The van der Waals surface area contributed by atoms with E-state index in [-0.39, 0.29) is 48.3 Å². The molecule has 0 aliphatic rings. The van der Waals surface area contributed by atoms with Gasteiger partial charge in [0.05, 0.1) is 0 Å². The van der Waals surface area contributed by atoms with Crippen LogP contribution in [0.1, 0.15) is 67.2 Å². The van der Waals surface area contributed by atoms with Crippen LogP contribution in [0.15, 0.2) is 90.8 Å². The number of thiophene rings is 1. The zero-order valence-electron chi connectivity index (χ0n) is 26.3. The van der Waals surface area contributed by atoms with Gasteiger partial charge in [0.2, 0.25) is 0 Å². The first-order valence-electron chi connectivity index (χ1n) is 15.1. The van der Waals surface area contributed by atoms with Crippen molar-refractivity contribution in [3.05, 3.63) is 103 Å². The number of fused-ring (bicyclic) bond motifs is 2. The molecule has 5 rings (SSSR count). The number of aromatic nitrogens is 1. The van der Waals surface area contributed by atoms with Gasteiger partial charge in [-0.25, -0.2) is 4.39 Å². The summed E-state index contributed by atoms with van der Waals surface area (Å²) in [5.41, 5.74) is 1.87. The van der Waals surface area contributed by atoms with Crippen molar-refractivity contribution >= 4 is 38.0 Å². The number of pyridine rings is 1. The number of allylic oxidation sites excluding steroid dienone is 2. The van der Waals surface area contributed by atoms with Crippen molar-refractivity contribution in [3.63, 3.8) is 0 Å². The van der Waals surface area contributed by atoms with E-state index in [1.807, 2.05) is 84.0 Å². The number of carbonyl (C=O) groups is 1. The normalized spacial score (nSPS) is 12.0. The van der Waals surface area contributed by atoms with E-state index in [1.54, 1.807) is 23.6 Å². The van der Waals surface area contributed by atoms with E-state index in [0.717, 1.165) is 62.7 Å². The summed E-state index contributed by atoms with van der Waals surface area (Å²) in [6.07, 6.45) is 6.56. The molecule has 0 saturated carbocycles. The van der Waals surface area contributed by atoms with Gasteiger partial charge >= 0.3 is 0 Å². The number of benzene rings is 3. The van der Waals surface area contributed by atoms with Gasteiger partial charge in [-0.2, -0.15) is 0 Å². The quantitative estimate of drug-likeness (QED) is 0.0920. The van der Waals surface area contributed by atoms with E-state index >= 15 is 0 Å². The second-order valence-corrected chi connectivity index (χ2v) is 12.6. The SMILES string of the molecule is CCC(C)(CC)C(=O)/C=C(\O)C(C)(CC)CC.Fc1ccccc1-c1cc2ccnc(-c3[c-]c4ccccc4cc3)c2s1.[Ir]. The summed E-state index contributed by atoms with van der Waals surface area (Å²) < 4.78 is 15.2. The van der Waals surface area contributed by atoms with E-state index in [0.29, 0.717) is 5.56 Å². The molecule has 2 heterocycles. The minimum Gasteiger partial charge on any atom is -0.512 e. The molecule has 1 N–H and O–H groups in total. The van der Waals surface area contributed by atoms with Crippen molar-refractivity contribution in [3.8, 4) is 21.7 Å². The van der Waals surface area contributed by atoms with Crippen molar-refractivity contribution in [1.29, 1.82) is 0 Å². The Morgan fingerprint density at radius 3 is 2.18 bits per heavy atom. The molecule has 233 valence electrons. The molecule has 0 fully saturated rings. The average Bonchev–Trinajstić information content (AvgIpc) is 3.48. The van der Waals surface area contributed by atoms with Gasteiger partial charge in [-0.15, -0.1) is 41.0 Å². The predicted molar refractivity (Wildman–Crippen MR) is 180 cm³/mol. The summed E-state index contributed by atoms with van der Waals surface area (Å²) in [6.45, 7) is 12.1. The second kappa shape index (κ2) is 15.2. The van der Waals surface area contributed by atoms with Crippen LogP contribution in [0.3, 0.4) is 0 Å². The third-order valence-electron chi connectivity index (χ3n) is 9.09. The average molecular weight is 787 g/mol. The first kappa shape index (κ1) is 35.3. The van der Waals surface area contributed by atoms with Crippen LogP contribution >= 0.6 is 11.3 Å². The summed E-state index contributed by atoms with van der Waals surface area (Å²) >= 11 is 1.57. The first-order valence-corrected chi connectivity index (χ1v) is 15.9. The Hall–Kier alpha value is -3.18. The van der Waals surface area contributed by atoms with E-state index < -0.39 is 0 Å². The number of ketones is 1. The number of aliphatic hydroxyl groups excluding tert-OH is 1. The molecule has 0 aliphatic carbocycles. The topological polar surface area (TPSA) is 50.2 Å². The fourth-order valence-electron chi connectivity index (χ4n) is 4.89. The Labute approximate surface area is 278 Å². The van der Waals surface area contributed by atoms with E-state index in [4.69, 9.17) is 0 Å². The smallest absolute Gasteiger partial charge is 0.164 e. The minimum atomic E-state index is -0.337. The van der Waals surface area contributed by atoms with Crippen molar-refractivity contribution in [2.24, 2.45) is 10.8 Å². The molecule has 0 unspecified atom stereocenters. The Kier molecular flexibility index (Phi) is 12.2. The Balaban J connectivity index is 0.000000260. The number of rotatable bonds is 9. The fraction of sp³-hybridized carbons (Fsp3) is 0.316. The molecule has 3 nitrogen and oxygen atoms in total. The van der Waals surface area contributed by atoms with Gasteiger partial charge in [0.1, 0.15) is 11.6 Å². The molecule has 0 spiro atoms. The summed E-state index contributed by atoms with van der Waals surface area (Å²) in [4.78, 5) is 17.7. The summed E-state index contributed by atoms with van der Waals surface area (Å²) in [7, 11) is 0. The van der Waals surface area contributed by atoms with E-state index in [2.05, 4.69) is 29.2 Å². The van der Waals surface area contributed by atoms with Crippen LogP contribution in [0.5, 0.6) is 0 Å². The number of nitrogens with zero attached hydrogens (tertiary/aromatic N) is 1. The van der Waals surface area contributed by atoms with Gasteiger partial charge in [-0.05, 0) is 49.3 Å². The first-order chi connectivity index (χ1) is 20.6. The number of halogens is 1. The predicted octanol–water partition coefficient (Wildman–Crippen LogP) is 11.4. The molecular formula is C38H41FIrNO2S-. The molecule has 0 amide bonds. The number of aliphatic hydroxyl groups is 1. The zero-order chi connectivity index (χ0) is 31.2. The Morgan fingerprint density at radius 1 is 0.886 bits per heavy atom. The van der Waals surface area contributed by atoms with Crippen LogP contribution in [-0.2, 0) is 24.9 Å². The molecule has 5 aromatic rings. The molecule has 0 bridgehead atoms. The molecule has 2 aromatic heterocycles. The maximum atomic E-state index is 14.2. The minimum absolute atomic E-state index is 0. The van der Waals surface area contributed by atoms with E-state index in [1.165, 1.54) is 12.1 Å². The summed E-state index contributed by atoms with van der Waals surface area (Å²) in [5, 5.41) is 13.4. The van der Waals surface area contributed by atoms with Gasteiger partial charge in [-0.1, -0.05) is 88.9 Å². The molecule has 0 atom stereocenters. The van der Waals surface area contributed by atoms with Crippen LogP contribution in [0, 0.1) is 22.7 Å². The standard InChI is InChI=1S/C23H13FNS.C15H28O2.Ir/c24-20-8-4-3-7-19(20)21-14-18-11-12-25-22(23(18)26-21)17-10-9-15-5-1-2-6-16(15)13-17;1-7-14(5,8-2)12(16)11-13(17)15(6,9-3)10-4;/h1-12,14H;11,16H,7-10H2,1-6H3;/q-1;;/b;12-11-;. The largest absolute Gasteiger partial charge is 0.512 e. The molecule has 0 aliphatic heterocycles. The molecule has 3 aromatic carbocycles. The van der Waals surface area contributed by atoms with Crippen LogP contribution in [-0.4, -0.2) is 15.9 Å². The van der Waals surface area contributed by atoms with Crippen molar-refractivity contribution < 1.29 is 34.4 Å².